The summed E-state index contributed by atoms with van der Waals surface area (Å²) in [5.74, 6) is 1.60. The number of nitrogens with one attached hydrogen (secondary N) is 4. The second kappa shape index (κ2) is 17.9. The van der Waals surface area contributed by atoms with Gasteiger partial charge in [0.25, 0.3) is 0 Å². The number of aromatic amines is 2. The second-order valence-electron chi connectivity index (χ2n) is 16.7. The number of hydrogen-bond donors (Lipinski definition) is 4. The smallest absolute Gasteiger partial charge is 0.407 e. The zero-order valence-corrected chi connectivity index (χ0v) is 36.9. The van der Waals surface area contributed by atoms with Gasteiger partial charge < -0.3 is 54.1 Å². The predicted molar refractivity (Wildman–Crippen MR) is 234 cm³/mol. The number of imidazole rings is 2. The number of alkyl carbamates (subject to hydrolysis) is 2. The summed E-state index contributed by atoms with van der Waals surface area (Å²) in [7, 11) is 5.54. The largest absolute Gasteiger partial charge is 0.488 e. The average molecular weight is 865 g/mol. The summed E-state index contributed by atoms with van der Waals surface area (Å²) < 4.78 is 27.0. The maximum absolute atomic E-state index is 14.2. The van der Waals surface area contributed by atoms with E-state index >= 15 is 0 Å². The van der Waals surface area contributed by atoms with E-state index in [1.54, 1.807) is 24.9 Å². The van der Waals surface area contributed by atoms with Crippen LogP contribution in [0.5, 0.6) is 5.75 Å². The average Bonchev–Trinajstić information content (AvgIpc) is 4.13. The van der Waals surface area contributed by atoms with E-state index in [9.17, 15) is 19.2 Å². The number of benzene rings is 3. The van der Waals surface area contributed by atoms with Gasteiger partial charge >= 0.3 is 12.2 Å². The number of ether oxygens (including phenoxy) is 5. The predicted octanol–water partition coefficient (Wildman–Crippen LogP) is 6.68. The van der Waals surface area contributed by atoms with Crippen molar-refractivity contribution in [3.63, 3.8) is 0 Å². The van der Waals surface area contributed by atoms with Crippen LogP contribution < -0.4 is 15.4 Å². The number of methoxy groups -OCH3 is 4. The summed E-state index contributed by atoms with van der Waals surface area (Å²) in [5, 5.41) is 7.26. The molecule has 0 spiro atoms. The molecule has 17 heteroatoms. The molecule has 3 aliphatic heterocycles. The van der Waals surface area contributed by atoms with Gasteiger partial charge in [0.2, 0.25) is 11.8 Å². The third-order valence-corrected chi connectivity index (χ3v) is 13.2. The lowest BCUT2D eigenvalue weighted by Crippen LogP contribution is -2.55. The van der Waals surface area contributed by atoms with E-state index in [4.69, 9.17) is 33.7 Å². The van der Waals surface area contributed by atoms with Crippen LogP contribution in [-0.2, 0) is 35.1 Å². The standard InChI is InChI=1S/C46H56N8O9/c1-9-29-13-17-36(54(29)44(56)39(25(4)60-6)52-46(58)62-8)42-48-33-15-12-26-19-32-30-14-11-27(18-28(30)22-63-37(32)20-31(26)40(33)50-42)34-21-47-41(49-34)35-16-10-23(2)53(35)43(55)38(24(3)59-5)51-45(57)61-7/h11-12,14-15,18-21,23-25,29,35-36,38-39H,9-10,13,16-17,22H2,1-8H3,(H,47,49)(H,48,50)(H,51,57)(H,52,58)/t23-,24+,25+,29-,35-,36-,38?,39?/m0/s1. The Labute approximate surface area is 365 Å². The van der Waals surface area contributed by atoms with Crippen LogP contribution >= 0.6 is 0 Å². The minimum atomic E-state index is -0.936. The topological polar surface area (TPSA) is 202 Å². The second-order valence-corrected chi connectivity index (χ2v) is 16.7. The quantitative estimate of drug-likeness (QED) is 0.104. The summed E-state index contributed by atoms with van der Waals surface area (Å²) in [6.45, 7) is 7.90. The molecule has 0 saturated carbocycles. The number of amides is 4. The van der Waals surface area contributed by atoms with Crippen molar-refractivity contribution in [2.24, 2.45) is 0 Å². The molecule has 2 unspecified atom stereocenters. The summed E-state index contributed by atoms with van der Waals surface area (Å²) in [6, 6.07) is 11.9. The Balaban J connectivity index is 1.05. The van der Waals surface area contributed by atoms with Gasteiger partial charge in [0.1, 0.15) is 36.1 Å². The van der Waals surface area contributed by atoms with Crippen molar-refractivity contribution >= 4 is 45.8 Å². The van der Waals surface area contributed by atoms with Gasteiger partial charge in [-0.25, -0.2) is 19.6 Å². The number of hydrogen-bond acceptors (Lipinski definition) is 11. The van der Waals surface area contributed by atoms with Gasteiger partial charge in [-0.1, -0.05) is 25.1 Å². The van der Waals surface area contributed by atoms with Crippen LogP contribution in [0.3, 0.4) is 0 Å². The highest BCUT2D eigenvalue weighted by Crippen LogP contribution is 2.44. The number of nitrogens with zero attached hydrogens (tertiary/aromatic N) is 4. The molecule has 2 saturated heterocycles. The molecule has 4 amide bonds. The molecule has 3 aromatic carbocycles. The Morgan fingerprint density at radius 1 is 0.810 bits per heavy atom. The lowest BCUT2D eigenvalue weighted by atomic mass is 9.92. The molecule has 0 radical (unpaired) electrons. The monoisotopic (exact) mass is 864 g/mol. The molecule has 0 aliphatic carbocycles. The highest BCUT2D eigenvalue weighted by molar-refractivity contribution is 6.07. The maximum atomic E-state index is 14.2. The first kappa shape index (κ1) is 43.4. The molecule has 17 nitrogen and oxygen atoms in total. The Morgan fingerprint density at radius 3 is 2.14 bits per heavy atom. The van der Waals surface area contributed by atoms with Crippen molar-refractivity contribution in [3.8, 4) is 28.1 Å². The number of carbonyl (C=O) groups excluding carboxylic acids is 4. The molecule has 2 aromatic heterocycles. The van der Waals surface area contributed by atoms with Gasteiger partial charge in [0.05, 0.1) is 61.4 Å². The van der Waals surface area contributed by atoms with Gasteiger partial charge in [-0.3, -0.25) is 9.59 Å². The summed E-state index contributed by atoms with van der Waals surface area (Å²) in [5.41, 5.74) is 6.43. The van der Waals surface area contributed by atoms with E-state index < -0.39 is 36.5 Å². The number of fused-ring (bicyclic) bond motifs is 6. The van der Waals surface area contributed by atoms with E-state index in [2.05, 4.69) is 57.9 Å². The number of carbonyl (C=O) groups is 4. The molecule has 5 heterocycles. The molecule has 8 rings (SSSR count). The zero-order chi connectivity index (χ0) is 44.7. The SMILES string of the molecule is CC[C@H]1CC[C@@H](c2nc3c(ccc4cc5c(cc43)OCc3cc(-c4cnc([C@@H]6CC[C@H](C)N6C(=O)C(NC(=O)OC)[C@@H](C)OC)[nH]4)ccc3-5)[nH]2)N1C(=O)C(NC(=O)OC)[C@@H](C)OC. The minimum absolute atomic E-state index is 0.0338. The van der Waals surface area contributed by atoms with Crippen LogP contribution in [0.2, 0.25) is 0 Å². The van der Waals surface area contributed by atoms with Crippen LogP contribution in [-0.4, -0.2) is 119 Å². The van der Waals surface area contributed by atoms with Gasteiger partial charge in [0.15, 0.2) is 0 Å². The molecular weight excluding hydrogens is 809 g/mol. The van der Waals surface area contributed by atoms with Crippen molar-refractivity contribution in [3.05, 3.63) is 65.9 Å². The van der Waals surface area contributed by atoms with Gasteiger partial charge in [0, 0.05) is 37.3 Å². The Hall–Kier alpha value is -6.20. The lowest BCUT2D eigenvalue weighted by Gasteiger charge is -2.34. The zero-order valence-electron chi connectivity index (χ0n) is 36.9. The van der Waals surface area contributed by atoms with Gasteiger partial charge in [-0.15, -0.1) is 0 Å². The molecule has 8 atom stereocenters. The summed E-state index contributed by atoms with van der Waals surface area (Å²) in [4.78, 5) is 73.1. The molecule has 334 valence electrons. The normalized spacial score (nSPS) is 21.3. The molecule has 0 bridgehead atoms. The number of H-pyrrole nitrogens is 2. The minimum Gasteiger partial charge on any atom is -0.488 e. The molecule has 4 N–H and O–H groups in total. The summed E-state index contributed by atoms with van der Waals surface area (Å²) >= 11 is 0. The fourth-order valence-electron chi connectivity index (χ4n) is 9.52. The van der Waals surface area contributed by atoms with Crippen LogP contribution in [0.25, 0.3) is 44.2 Å². The molecule has 63 heavy (non-hydrogen) atoms. The maximum Gasteiger partial charge on any atom is 0.407 e. The molecule has 5 aromatic rings. The van der Waals surface area contributed by atoms with Crippen LogP contribution in [0.1, 0.15) is 89.1 Å². The number of likely N-dealkylation sites (tertiary alicyclic amines) is 2. The summed E-state index contributed by atoms with van der Waals surface area (Å²) in [6.07, 6.45) is 2.98. The number of rotatable bonds is 12. The highest BCUT2D eigenvalue weighted by atomic mass is 16.5. The first-order valence-electron chi connectivity index (χ1n) is 21.6. The van der Waals surface area contributed by atoms with Gasteiger partial charge in [-0.05, 0) is 99.2 Å². The fourth-order valence-corrected chi connectivity index (χ4v) is 9.52. The molecule has 3 aliphatic rings. The van der Waals surface area contributed by atoms with Crippen molar-refractivity contribution < 1.29 is 42.9 Å². The Bertz CT molecular complexity index is 2540. The highest BCUT2D eigenvalue weighted by Gasteiger charge is 2.44. The van der Waals surface area contributed by atoms with Gasteiger partial charge in [-0.2, -0.15) is 0 Å². The Morgan fingerprint density at radius 2 is 1.48 bits per heavy atom. The van der Waals surface area contributed by atoms with Crippen molar-refractivity contribution in [1.82, 2.24) is 40.4 Å². The third-order valence-electron chi connectivity index (χ3n) is 13.2. The van der Waals surface area contributed by atoms with Crippen LogP contribution in [0.4, 0.5) is 9.59 Å². The van der Waals surface area contributed by atoms with Crippen LogP contribution in [0.15, 0.2) is 48.7 Å². The van der Waals surface area contributed by atoms with Crippen molar-refractivity contribution in [1.29, 1.82) is 0 Å². The van der Waals surface area contributed by atoms with Crippen molar-refractivity contribution in [2.45, 2.75) is 115 Å². The van der Waals surface area contributed by atoms with Crippen molar-refractivity contribution in [2.75, 3.05) is 28.4 Å². The van der Waals surface area contributed by atoms with E-state index in [0.29, 0.717) is 31.1 Å². The van der Waals surface area contributed by atoms with E-state index in [1.165, 1.54) is 28.4 Å². The van der Waals surface area contributed by atoms with Crippen LogP contribution in [0, 0.1) is 0 Å². The lowest BCUT2D eigenvalue weighted by molar-refractivity contribution is -0.140. The first-order chi connectivity index (χ1) is 30.4. The third kappa shape index (κ3) is 8.03. The fraction of sp³-hybridized carbons (Fsp3) is 0.478. The Kier molecular flexibility index (Phi) is 12.3. The van der Waals surface area contributed by atoms with E-state index in [1.807, 2.05) is 24.0 Å². The molecule has 2 fully saturated rings. The van der Waals surface area contributed by atoms with E-state index in [-0.39, 0.29) is 36.0 Å². The number of aromatic nitrogens is 4. The molecular formula is C46H56N8O9. The first-order valence-corrected chi connectivity index (χ1v) is 21.6. The van der Waals surface area contributed by atoms with E-state index in [0.717, 1.165) is 74.8 Å².